The molecule has 1 rings (SSSR count). The van der Waals surface area contributed by atoms with E-state index < -0.39 is 24.7 Å². The molecule has 11 heavy (non-hydrogen) atoms. The Labute approximate surface area is 61.8 Å². The maximum atomic E-state index is 12.0. The summed E-state index contributed by atoms with van der Waals surface area (Å²) in [7, 11) is 0. The van der Waals surface area contributed by atoms with E-state index in [-0.39, 0.29) is 13.1 Å². The molecule has 2 atom stereocenters. The minimum atomic E-state index is -2.64. The molecule has 0 aromatic rings. The van der Waals surface area contributed by atoms with Crippen LogP contribution in [0.15, 0.2) is 0 Å². The van der Waals surface area contributed by atoms with Crippen LogP contribution in [0.1, 0.15) is 0 Å². The summed E-state index contributed by atoms with van der Waals surface area (Å²) in [5, 5.41) is 2.53. The van der Waals surface area contributed by atoms with Gasteiger partial charge >= 0.3 is 0 Å². The summed E-state index contributed by atoms with van der Waals surface area (Å²) < 4.78 is 47.9. The highest BCUT2D eigenvalue weighted by Crippen LogP contribution is 2.28. The first kappa shape index (κ1) is 8.77. The van der Waals surface area contributed by atoms with Crippen molar-refractivity contribution in [2.75, 3.05) is 13.1 Å². The maximum absolute atomic E-state index is 12.0. The average molecular weight is 171 g/mol. The SMILES string of the molecule is FC(F)[C@@H]1CNC[C@H]1C(F)F. The lowest BCUT2D eigenvalue weighted by Gasteiger charge is -2.15. The lowest BCUT2D eigenvalue weighted by Crippen LogP contribution is -2.25. The second-order valence-corrected chi connectivity index (χ2v) is 2.65. The second kappa shape index (κ2) is 3.38. The first-order valence-corrected chi connectivity index (χ1v) is 3.40. The van der Waals surface area contributed by atoms with Gasteiger partial charge in [0.15, 0.2) is 0 Å². The van der Waals surface area contributed by atoms with E-state index in [1.54, 1.807) is 0 Å². The van der Waals surface area contributed by atoms with Gasteiger partial charge in [-0.2, -0.15) is 0 Å². The van der Waals surface area contributed by atoms with Crippen LogP contribution in [0.4, 0.5) is 17.6 Å². The predicted octanol–water partition coefficient (Wildman–Crippen LogP) is 1.35. The van der Waals surface area contributed by atoms with Crippen LogP contribution in [0.2, 0.25) is 0 Å². The lowest BCUT2D eigenvalue weighted by molar-refractivity contribution is -0.00152. The van der Waals surface area contributed by atoms with Crippen molar-refractivity contribution in [1.82, 2.24) is 5.32 Å². The third kappa shape index (κ3) is 1.83. The van der Waals surface area contributed by atoms with Crippen molar-refractivity contribution in [3.63, 3.8) is 0 Å². The fraction of sp³-hybridized carbons (Fsp3) is 1.00. The van der Waals surface area contributed by atoms with E-state index in [1.807, 2.05) is 0 Å². The zero-order valence-electron chi connectivity index (χ0n) is 5.74. The van der Waals surface area contributed by atoms with Crippen LogP contribution in [0, 0.1) is 11.8 Å². The Balaban J connectivity index is 2.51. The highest BCUT2D eigenvalue weighted by Gasteiger charge is 2.39. The lowest BCUT2D eigenvalue weighted by atomic mass is 9.97. The number of nitrogens with one attached hydrogen (secondary N) is 1. The van der Waals surface area contributed by atoms with Gasteiger partial charge in [-0.3, -0.25) is 0 Å². The first-order chi connectivity index (χ1) is 5.13. The molecule has 0 bridgehead atoms. The Morgan fingerprint density at radius 2 is 1.27 bits per heavy atom. The molecule has 1 aliphatic rings. The molecule has 0 radical (unpaired) electrons. The Morgan fingerprint density at radius 1 is 0.909 bits per heavy atom. The number of hydrogen-bond donors (Lipinski definition) is 1. The van der Waals surface area contributed by atoms with Crippen molar-refractivity contribution >= 4 is 0 Å². The normalized spacial score (nSPS) is 32.2. The van der Waals surface area contributed by atoms with Crippen molar-refractivity contribution in [3.05, 3.63) is 0 Å². The highest BCUT2D eigenvalue weighted by molar-refractivity contribution is 4.83. The minimum absolute atomic E-state index is 0.00662. The molecule has 1 aliphatic heterocycles. The van der Waals surface area contributed by atoms with Gasteiger partial charge in [0.05, 0.1) is 0 Å². The topological polar surface area (TPSA) is 12.0 Å². The van der Waals surface area contributed by atoms with Crippen LogP contribution in [-0.2, 0) is 0 Å². The van der Waals surface area contributed by atoms with Gasteiger partial charge in [-0.05, 0) is 0 Å². The van der Waals surface area contributed by atoms with E-state index >= 15 is 0 Å². The Morgan fingerprint density at radius 3 is 1.55 bits per heavy atom. The summed E-state index contributed by atoms with van der Waals surface area (Å²) in [6, 6.07) is 0. The minimum Gasteiger partial charge on any atom is -0.316 e. The summed E-state index contributed by atoms with van der Waals surface area (Å²) in [6.07, 6.45) is -5.27. The van der Waals surface area contributed by atoms with Gasteiger partial charge in [0.2, 0.25) is 12.9 Å². The largest absolute Gasteiger partial charge is 0.316 e. The molecular formula is C6H9F4N. The Bertz CT molecular complexity index is 114. The third-order valence-corrected chi connectivity index (χ3v) is 1.96. The zero-order chi connectivity index (χ0) is 8.43. The first-order valence-electron chi connectivity index (χ1n) is 3.40. The summed E-state index contributed by atoms with van der Waals surface area (Å²) in [6.45, 7) is 0.0132. The molecular weight excluding hydrogens is 162 g/mol. The summed E-state index contributed by atoms with van der Waals surface area (Å²) in [4.78, 5) is 0. The Kier molecular flexibility index (Phi) is 2.70. The summed E-state index contributed by atoms with van der Waals surface area (Å²) in [5.74, 6) is -2.34. The molecule has 0 aromatic carbocycles. The second-order valence-electron chi connectivity index (χ2n) is 2.65. The van der Waals surface area contributed by atoms with Crippen LogP contribution in [0.5, 0.6) is 0 Å². The standard InChI is InChI=1S/C6H9F4N/c7-5(8)3-1-11-2-4(3)6(9)10/h3-6,11H,1-2H2/t3-,4-/m1/s1. The monoisotopic (exact) mass is 171 g/mol. The van der Waals surface area contributed by atoms with Crippen LogP contribution < -0.4 is 5.32 Å². The van der Waals surface area contributed by atoms with Crippen molar-refractivity contribution in [3.8, 4) is 0 Å². The van der Waals surface area contributed by atoms with E-state index in [4.69, 9.17) is 0 Å². The molecule has 1 fully saturated rings. The molecule has 5 heteroatoms. The van der Waals surface area contributed by atoms with Crippen molar-refractivity contribution in [1.29, 1.82) is 0 Å². The molecule has 1 N–H and O–H groups in total. The molecule has 0 aliphatic carbocycles. The molecule has 1 heterocycles. The van der Waals surface area contributed by atoms with E-state index in [0.717, 1.165) is 0 Å². The van der Waals surface area contributed by atoms with E-state index in [2.05, 4.69) is 5.32 Å². The number of halogens is 4. The molecule has 66 valence electrons. The summed E-state index contributed by atoms with van der Waals surface area (Å²) in [5.41, 5.74) is 0. The summed E-state index contributed by atoms with van der Waals surface area (Å²) >= 11 is 0. The quantitative estimate of drug-likeness (QED) is 0.618. The van der Waals surface area contributed by atoms with Crippen molar-refractivity contribution in [2.45, 2.75) is 12.9 Å². The van der Waals surface area contributed by atoms with Gasteiger partial charge in [0, 0.05) is 24.9 Å². The van der Waals surface area contributed by atoms with Gasteiger partial charge in [0.1, 0.15) is 0 Å². The van der Waals surface area contributed by atoms with Gasteiger partial charge in [-0.25, -0.2) is 17.6 Å². The van der Waals surface area contributed by atoms with Crippen molar-refractivity contribution in [2.24, 2.45) is 11.8 Å². The molecule has 0 unspecified atom stereocenters. The average Bonchev–Trinajstić information content (AvgIpc) is 2.32. The van der Waals surface area contributed by atoms with Gasteiger partial charge in [-0.1, -0.05) is 0 Å². The fourth-order valence-electron chi connectivity index (χ4n) is 1.27. The predicted molar refractivity (Wildman–Crippen MR) is 31.9 cm³/mol. The molecule has 0 amide bonds. The zero-order valence-corrected chi connectivity index (χ0v) is 5.74. The number of rotatable bonds is 2. The van der Waals surface area contributed by atoms with Gasteiger partial charge in [-0.15, -0.1) is 0 Å². The van der Waals surface area contributed by atoms with Crippen molar-refractivity contribution < 1.29 is 17.6 Å². The van der Waals surface area contributed by atoms with Crippen LogP contribution in [0.3, 0.4) is 0 Å². The van der Waals surface area contributed by atoms with Gasteiger partial charge in [0.25, 0.3) is 0 Å². The smallest absolute Gasteiger partial charge is 0.243 e. The Hall–Kier alpha value is -0.320. The number of hydrogen-bond acceptors (Lipinski definition) is 1. The van der Waals surface area contributed by atoms with E-state index in [9.17, 15) is 17.6 Å². The highest BCUT2D eigenvalue weighted by atomic mass is 19.3. The molecule has 0 saturated carbocycles. The third-order valence-electron chi connectivity index (χ3n) is 1.96. The molecule has 0 spiro atoms. The van der Waals surface area contributed by atoms with Gasteiger partial charge < -0.3 is 5.32 Å². The molecule has 1 nitrogen and oxygen atoms in total. The van der Waals surface area contributed by atoms with E-state index in [1.165, 1.54) is 0 Å². The van der Waals surface area contributed by atoms with Crippen LogP contribution in [0.25, 0.3) is 0 Å². The maximum Gasteiger partial charge on any atom is 0.243 e. The molecule has 0 aromatic heterocycles. The van der Waals surface area contributed by atoms with E-state index in [0.29, 0.717) is 0 Å². The van der Waals surface area contributed by atoms with Crippen LogP contribution >= 0.6 is 0 Å². The number of alkyl halides is 4. The van der Waals surface area contributed by atoms with Crippen LogP contribution in [-0.4, -0.2) is 25.9 Å². The molecule has 1 saturated heterocycles. The fourth-order valence-corrected chi connectivity index (χ4v) is 1.27.